The van der Waals surface area contributed by atoms with Gasteiger partial charge in [0.05, 0.1) is 6.61 Å². The second-order valence-electron chi connectivity index (χ2n) is 4.84. The number of carbonyl (C=O) groups is 1. The molecule has 0 fully saturated rings. The van der Waals surface area contributed by atoms with Gasteiger partial charge in [0.25, 0.3) is 0 Å². The first-order chi connectivity index (χ1) is 10.3. The van der Waals surface area contributed by atoms with Crippen LogP contribution in [0.5, 0.6) is 5.75 Å². The van der Waals surface area contributed by atoms with E-state index < -0.39 is 0 Å². The van der Waals surface area contributed by atoms with Crippen molar-refractivity contribution < 1.29 is 9.53 Å². The number of hydrogen-bond donors (Lipinski definition) is 0. The standard InChI is InChI=1S/C18H20O2S/c1-15-9-10-16(13-18(15)20-12-6-11-19)14-21-17-7-4-2-3-5-8-17/h2-5,7,9-11,13H,6,8,12,14H2,1H3. The number of aldehydes is 1. The van der Waals surface area contributed by atoms with Gasteiger partial charge >= 0.3 is 0 Å². The summed E-state index contributed by atoms with van der Waals surface area (Å²) in [6.45, 7) is 2.47. The molecule has 2 nitrogen and oxygen atoms in total. The first kappa shape index (κ1) is 15.6. The molecule has 0 unspecified atom stereocenters. The Balaban J connectivity index is 1.95. The quantitative estimate of drug-likeness (QED) is 0.544. The number of carbonyl (C=O) groups excluding carboxylic acids is 1. The third-order valence-corrected chi connectivity index (χ3v) is 4.28. The summed E-state index contributed by atoms with van der Waals surface area (Å²) >= 11 is 1.85. The van der Waals surface area contributed by atoms with E-state index in [1.54, 1.807) is 0 Å². The average molecular weight is 300 g/mol. The van der Waals surface area contributed by atoms with E-state index in [9.17, 15) is 4.79 Å². The molecule has 2 rings (SSSR count). The van der Waals surface area contributed by atoms with Gasteiger partial charge in [-0.05, 0) is 35.4 Å². The maximum atomic E-state index is 10.4. The first-order valence-electron chi connectivity index (χ1n) is 7.10. The van der Waals surface area contributed by atoms with E-state index in [1.165, 1.54) is 10.5 Å². The monoisotopic (exact) mass is 300 g/mol. The molecule has 0 spiro atoms. The van der Waals surface area contributed by atoms with Gasteiger partial charge in [0.1, 0.15) is 12.0 Å². The topological polar surface area (TPSA) is 26.3 Å². The van der Waals surface area contributed by atoms with Gasteiger partial charge in [-0.3, -0.25) is 0 Å². The Morgan fingerprint density at radius 1 is 1.29 bits per heavy atom. The summed E-state index contributed by atoms with van der Waals surface area (Å²) in [5, 5.41) is 0. The third kappa shape index (κ3) is 5.27. The van der Waals surface area contributed by atoms with Crippen molar-refractivity contribution in [3.8, 4) is 5.75 Å². The third-order valence-electron chi connectivity index (χ3n) is 3.13. The van der Waals surface area contributed by atoms with Crippen molar-refractivity contribution in [2.24, 2.45) is 0 Å². The second-order valence-corrected chi connectivity index (χ2v) is 5.94. The Labute approximate surface area is 130 Å². The molecule has 1 aromatic carbocycles. The van der Waals surface area contributed by atoms with Crippen molar-refractivity contribution in [2.75, 3.05) is 6.61 Å². The lowest BCUT2D eigenvalue weighted by Gasteiger charge is -2.10. The lowest BCUT2D eigenvalue weighted by atomic mass is 10.1. The lowest BCUT2D eigenvalue weighted by molar-refractivity contribution is -0.108. The van der Waals surface area contributed by atoms with Gasteiger partial charge in [-0.2, -0.15) is 0 Å². The summed E-state index contributed by atoms with van der Waals surface area (Å²) in [6.07, 6.45) is 12.9. The molecule has 0 bridgehead atoms. The van der Waals surface area contributed by atoms with Crippen LogP contribution in [0.3, 0.4) is 0 Å². The predicted octanol–water partition coefficient (Wildman–Crippen LogP) is 4.60. The minimum absolute atomic E-state index is 0.434. The van der Waals surface area contributed by atoms with Crippen LogP contribution in [0.2, 0.25) is 0 Å². The van der Waals surface area contributed by atoms with E-state index in [2.05, 4.69) is 48.6 Å². The van der Waals surface area contributed by atoms with Crippen molar-refractivity contribution in [1.29, 1.82) is 0 Å². The van der Waals surface area contributed by atoms with Crippen LogP contribution in [0.15, 0.2) is 53.5 Å². The highest BCUT2D eigenvalue weighted by Gasteiger charge is 2.04. The lowest BCUT2D eigenvalue weighted by Crippen LogP contribution is -1.99. The minimum Gasteiger partial charge on any atom is -0.493 e. The number of ether oxygens (including phenoxy) is 1. The highest BCUT2D eigenvalue weighted by Crippen LogP contribution is 2.28. The van der Waals surface area contributed by atoms with Crippen molar-refractivity contribution in [2.45, 2.75) is 25.5 Å². The van der Waals surface area contributed by atoms with Crippen LogP contribution in [-0.2, 0) is 10.5 Å². The smallest absolute Gasteiger partial charge is 0.123 e. The normalized spacial score (nSPS) is 13.7. The Kier molecular flexibility index (Phi) is 6.35. The van der Waals surface area contributed by atoms with E-state index >= 15 is 0 Å². The van der Waals surface area contributed by atoms with Crippen LogP contribution in [0.4, 0.5) is 0 Å². The van der Waals surface area contributed by atoms with Crippen molar-refractivity contribution >= 4 is 18.0 Å². The largest absolute Gasteiger partial charge is 0.493 e. The maximum Gasteiger partial charge on any atom is 0.123 e. The van der Waals surface area contributed by atoms with Crippen LogP contribution in [0.1, 0.15) is 24.0 Å². The summed E-state index contributed by atoms with van der Waals surface area (Å²) < 4.78 is 5.65. The van der Waals surface area contributed by atoms with Gasteiger partial charge in [0.2, 0.25) is 0 Å². The van der Waals surface area contributed by atoms with Crippen LogP contribution in [0.25, 0.3) is 0 Å². The zero-order valence-electron chi connectivity index (χ0n) is 12.2. The molecule has 0 amide bonds. The SMILES string of the molecule is Cc1ccc(CSC2=CC=CC=CC2)cc1OCCC=O. The molecule has 110 valence electrons. The molecular weight excluding hydrogens is 280 g/mol. The van der Waals surface area contributed by atoms with E-state index in [1.807, 2.05) is 18.7 Å². The molecule has 1 aliphatic carbocycles. The fraction of sp³-hybridized carbons (Fsp3) is 0.278. The van der Waals surface area contributed by atoms with Gasteiger partial charge in [0, 0.05) is 12.2 Å². The van der Waals surface area contributed by atoms with Crippen LogP contribution < -0.4 is 4.74 Å². The highest BCUT2D eigenvalue weighted by atomic mass is 32.2. The minimum atomic E-state index is 0.434. The molecular formula is C18H20O2S. The summed E-state index contributed by atoms with van der Waals surface area (Å²) in [5.41, 5.74) is 2.35. The molecule has 0 saturated carbocycles. The van der Waals surface area contributed by atoms with Gasteiger partial charge in [-0.1, -0.05) is 42.5 Å². The Morgan fingerprint density at radius 3 is 3.05 bits per heavy atom. The van der Waals surface area contributed by atoms with Crippen molar-refractivity contribution in [1.82, 2.24) is 0 Å². The first-order valence-corrected chi connectivity index (χ1v) is 8.09. The number of hydrogen-bond acceptors (Lipinski definition) is 3. The van der Waals surface area contributed by atoms with Gasteiger partial charge < -0.3 is 9.53 Å². The van der Waals surface area contributed by atoms with Crippen molar-refractivity contribution in [3.05, 3.63) is 64.6 Å². The average Bonchev–Trinajstić information content (AvgIpc) is 2.77. The van der Waals surface area contributed by atoms with E-state index in [0.717, 1.165) is 29.8 Å². The Bertz CT molecular complexity index is 571. The van der Waals surface area contributed by atoms with Crippen LogP contribution >= 0.6 is 11.8 Å². The van der Waals surface area contributed by atoms with Crippen LogP contribution in [-0.4, -0.2) is 12.9 Å². The number of aryl methyl sites for hydroxylation is 1. The fourth-order valence-corrected chi connectivity index (χ4v) is 2.87. The molecule has 0 aromatic heterocycles. The molecule has 0 radical (unpaired) electrons. The molecule has 0 atom stereocenters. The molecule has 0 N–H and O–H groups in total. The Hall–Kier alpha value is -1.74. The predicted molar refractivity (Wildman–Crippen MR) is 89.6 cm³/mol. The van der Waals surface area contributed by atoms with Gasteiger partial charge in [-0.25, -0.2) is 0 Å². The number of benzene rings is 1. The maximum absolute atomic E-state index is 10.4. The zero-order valence-corrected chi connectivity index (χ0v) is 13.1. The van der Waals surface area contributed by atoms with Gasteiger partial charge in [0.15, 0.2) is 0 Å². The summed E-state index contributed by atoms with van der Waals surface area (Å²) in [7, 11) is 0. The zero-order chi connectivity index (χ0) is 14.9. The molecule has 1 aliphatic rings. The molecule has 0 aliphatic heterocycles. The van der Waals surface area contributed by atoms with Crippen LogP contribution in [0, 0.1) is 6.92 Å². The van der Waals surface area contributed by atoms with Crippen molar-refractivity contribution in [3.63, 3.8) is 0 Å². The van der Waals surface area contributed by atoms with E-state index in [4.69, 9.17) is 4.74 Å². The Morgan fingerprint density at radius 2 is 2.19 bits per heavy atom. The molecule has 1 aromatic rings. The van der Waals surface area contributed by atoms with E-state index in [0.29, 0.717) is 13.0 Å². The van der Waals surface area contributed by atoms with Gasteiger partial charge in [-0.15, -0.1) is 11.8 Å². The summed E-state index contributed by atoms with van der Waals surface area (Å²) in [6, 6.07) is 6.29. The molecule has 3 heteroatoms. The number of allylic oxidation sites excluding steroid dienone is 6. The molecule has 21 heavy (non-hydrogen) atoms. The molecule has 0 heterocycles. The van der Waals surface area contributed by atoms with E-state index in [-0.39, 0.29) is 0 Å². The highest BCUT2D eigenvalue weighted by molar-refractivity contribution is 8.02. The number of thioether (sulfide) groups is 1. The second kappa shape index (κ2) is 8.53. The molecule has 0 saturated heterocycles. The number of rotatable bonds is 7. The summed E-state index contributed by atoms with van der Waals surface area (Å²) in [4.78, 5) is 11.7. The fourth-order valence-electron chi connectivity index (χ4n) is 1.95. The summed E-state index contributed by atoms with van der Waals surface area (Å²) in [5.74, 6) is 1.81.